The largest absolute Gasteiger partial charge is 0.395 e. The molecule has 19 heavy (non-hydrogen) atoms. The quantitative estimate of drug-likeness (QED) is 0.794. The standard InChI is InChI=1S/C16H25NO2/c1-2-10-17-14(11-18)12-19-16-9-5-7-13-6-3-4-8-15(13)16/h3-4,6,8,14,16-18H,2,5,7,9-12H2,1H3. The monoisotopic (exact) mass is 263 g/mol. The molecule has 0 radical (unpaired) electrons. The molecule has 0 amide bonds. The number of ether oxygens (including phenoxy) is 1. The number of aliphatic hydroxyl groups excluding tert-OH is 1. The van der Waals surface area contributed by atoms with E-state index in [9.17, 15) is 5.11 Å². The smallest absolute Gasteiger partial charge is 0.0828 e. The van der Waals surface area contributed by atoms with E-state index in [4.69, 9.17) is 4.74 Å². The highest BCUT2D eigenvalue weighted by atomic mass is 16.5. The average Bonchev–Trinajstić information content (AvgIpc) is 2.47. The number of hydrogen-bond donors (Lipinski definition) is 2. The first-order valence-corrected chi connectivity index (χ1v) is 7.38. The molecule has 0 aromatic heterocycles. The van der Waals surface area contributed by atoms with Crippen molar-refractivity contribution < 1.29 is 9.84 Å². The summed E-state index contributed by atoms with van der Waals surface area (Å²) >= 11 is 0. The van der Waals surface area contributed by atoms with Crippen molar-refractivity contribution in [3.8, 4) is 0 Å². The Labute approximate surface area is 116 Å². The van der Waals surface area contributed by atoms with Gasteiger partial charge in [0.25, 0.3) is 0 Å². The maximum atomic E-state index is 9.33. The van der Waals surface area contributed by atoms with Crippen molar-refractivity contribution in [3.05, 3.63) is 35.4 Å². The van der Waals surface area contributed by atoms with Crippen LogP contribution in [0.1, 0.15) is 43.4 Å². The molecule has 3 heteroatoms. The zero-order valence-electron chi connectivity index (χ0n) is 11.8. The van der Waals surface area contributed by atoms with Crippen LogP contribution < -0.4 is 5.32 Å². The molecule has 3 nitrogen and oxygen atoms in total. The molecule has 0 bridgehead atoms. The van der Waals surface area contributed by atoms with Gasteiger partial charge in [-0.05, 0) is 43.4 Å². The van der Waals surface area contributed by atoms with Gasteiger partial charge in [0.2, 0.25) is 0 Å². The van der Waals surface area contributed by atoms with E-state index < -0.39 is 0 Å². The molecule has 106 valence electrons. The van der Waals surface area contributed by atoms with E-state index in [1.807, 2.05) is 0 Å². The Bertz CT molecular complexity index is 381. The molecular formula is C16H25NO2. The molecular weight excluding hydrogens is 238 g/mol. The molecule has 1 aliphatic carbocycles. The van der Waals surface area contributed by atoms with Gasteiger partial charge < -0.3 is 15.2 Å². The molecule has 2 N–H and O–H groups in total. The van der Waals surface area contributed by atoms with E-state index in [2.05, 4.69) is 36.5 Å². The first-order chi connectivity index (χ1) is 9.35. The van der Waals surface area contributed by atoms with Crippen LogP contribution in [0, 0.1) is 0 Å². The van der Waals surface area contributed by atoms with Gasteiger partial charge >= 0.3 is 0 Å². The van der Waals surface area contributed by atoms with Gasteiger partial charge in [-0.25, -0.2) is 0 Å². The minimum atomic E-state index is 0.0500. The highest BCUT2D eigenvalue weighted by molar-refractivity contribution is 5.31. The zero-order chi connectivity index (χ0) is 13.5. The van der Waals surface area contributed by atoms with Gasteiger partial charge in [0, 0.05) is 0 Å². The highest BCUT2D eigenvalue weighted by Crippen LogP contribution is 2.32. The van der Waals surface area contributed by atoms with Crippen molar-refractivity contribution in [1.29, 1.82) is 0 Å². The van der Waals surface area contributed by atoms with Crippen LogP contribution >= 0.6 is 0 Å². The van der Waals surface area contributed by atoms with Crippen LogP contribution in [0.2, 0.25) is 0 Å². The fraction of sp³-hybridized carbons (Fsp3) is 0.625. The minimum absolute atomic E-state index is 0.0500. The summed E-state index contributed by atoms with van der Waals surface area (Å²) < 4.78 is 6.04. The van der Waals surface area contributed by atoms with Crippen LogP contribution in [0.3, 0.4) is 0 Å². The Morgan fingerprint density at radius 2 is 2.26 bits per heavy atom. The molecule has 0 aliphatic heterocycles. The predicted octanol–water partition coefficient (Wildman–Crippen LogP) is 2.44. The first kappa shape index (κ1) is 14.5. The second kappa shape index (κ2) is 7.63. The number of fused-ring (bicyclic) bond motifs is 1. The van der Waals surface area contributed by atoms with Crippen LogP contribution in [0.4, 0.5) is 0 Å². The van der Waals surface area contributed by atoms with E-state index >= 15 is 0 Å². The number of nitrogens with one attached hydrogen (secondary N) is 1. The molecule has 0 spiro atoms. The highest BCUT2D eigenvalue weighted by Gasteiger charge is 2.21. The summed E-state index contributed by atoms with van der Waals surface area (Å²) in [5.74, 6) is 0. The normalized spacial score (nSPS) is 20.0. The second-order valence-electron chi connectivity index (χ2n) is 5.25. The van der Waals surface area contributed by atoms with Crippen molar-refractivity contribution >= 4 is 0 Å². The predicted molar refractivity (Wildman–Crippen MR) is 77.2 cm³/mol. The van der Waals surface area contributed by atoms with Crippen molar-refractivity contribution in [2.24, 2.45) is 0 Å². The number of hydrogen-bond acceptors (Lipinski definition) is 3. The lowest BCUT2D eigenvalue weighted by molar-refractivity contribution is 0.0167. The van der Waals surface area contributed by atoms with E-state index in [0.29, 0.717) is 6.61 Å². The molecule has 0 fully saturated rings. The molecule has 0 saturated heterocycles. The molecule has 2 rings (SSSR count). The summed E-state index contributed by atoms with van der Waals surface area (Å²) in [6, 6.07) is 8.60. The number of rotatable bonds is 7. The summed E-state index contributed by atoms with van der Waals surface area (Å²) in [5.41, 5.74) is 2.75. The van der Waals surface area contributed by atoms with Gasteiger partial charge in [-0.1, -0.05) is 31.2 Å². The van der Waals surface area contributed by atoms with Gasteiger partial charge in [0.05, 0.1) is 25.4 Å². The van der Waals surface area contributed by atoms with Crippen LogP contribution in [-0.2, 0) is 11.2 Å². The Kier molecular flexibility index (Phi) is 5.83. The fourth-order valence-electron chi connectivity index (χ4n) is 2.64. The summed E-state index contributed by atoms with van der Waals surface area (Å²) in [4.78, 5) is 0. The van der Waals surface area contributed by atoms with Gasteiger partial charge in [0.15, 0.2) is 0 Å². The Balaban J connectivity index is 1.89. The maximum Gasteiger partial charge on any atom is 0.0828 e. The molecule has 0 saturated carbocycles. The maximum absolute atomic E-state index is 9.33. The van der Waals surface area contributed by atoms with Crippen LogP contribution in [0.15, 0.2) is 24.3 Å². The van der Waals surface area contributed by atoms with Crippen LogP contribution in [-0.4, -0.2) is 30.9 Å². The molecule has 0 heterocycles. The summed E-state index contributed by atoms with van der Waals surface area (Å²) in [6.45, 7) is 3.76. The summed E-state index contributed by atoms with van der Waals surface area (Å²) in [7, 11) is 0. The molecule has 2 atom stereocenters. The van der Waals surface area contributed by atoms with E-state index in [1.54, 1.807) is 0 Å². The summed E-state index contributed by atoms with van der Waals surface area (Å²) in [5, 5.41) is 12.6. The number of benzene rings is 1. The molecule has 1 aliphatic rings. The molecule has 1 aromatic rings. The van der Waals surface area contributed by atoms with E-state index in [0.717, 1.165) is 25.8 Å². The van der Waals surface area contributed by atoms with E-state index in [-0.39, 0.29) is 18.8 Å². The fourth-order valence-corrected chi connectivity index (χ4v) is 2.64. The third-order valence-electron chi connectivity index (χ3n) is 3.72. The summed E-state index contributed by atoms with van der Waals surface area (Å²) in [6.07, 6.45) is 4.70. The third-order valence-corrected chi connectivity index (χ3v) is 3.72. The van der Waals surface area contributed by atoms with Crippen molar-refractivity contribution in [2.45, 2.75) is 44.8 Å². The molecule has 1 aromatic carbocycles. The first-order valence-electron chi connectivity index (χ1n) is 7.38. The third kappa shape index (κ3) is 4.03. The van der Waals surface area contributed by atoms with Crippen molar-refractivity contribution in [3.63, 3.8) is 0 Å². The SMILES string of the molecule is CCCNC(CO)COC1CCCc2ccccc21. The topological polar surface area (TPSA) is 41.5 Å². The lowest BCUT2D eigenvalue weighted by Crippen LogP contribution is -2.37. The van der Waals surface area contributed by atoms with Crippen LogP contribution in [0.5, 0.6) is 0 Å². The Hall–Kier alpha value is -0.900. The second-order valence-corrected chi connectivity index (χ2v) is 5.25. The minimum Gasteiger partial charge on any atom is -0.395 e. The van der Waals surface area contributed by atoms with E-state index in [1.165, 1.54) is 17.5 Å². The van der Waals surface area contributed by atoms with Gasteiger partial charge in [-0.2, -0.15) is 0 Å². The van der Waals surface area contributed by atoms with Gasteiger partial charge in [-0.3, -0.25) is 0 Å². The van der Waals surface area contributed by atoms with Gasteiger partial charge in [0.1, 0.15) is 0 Å². The number of aliphatic hydroxyl groups is 1. The number of aryl methyl sites for hydroxylation is 1. The molecule has 2 unspecified atom stereocenters. The zero-order valence-corrected chi connectivity index (χ0v) is 11.8. The van der Waals surface area contributed by atoms with Gasteiger partial charge in [-0.15, -0.1) is 0 Å². The van der Waals surface area contributed by atoms with Crippen molar-refractivity contribution in [2.75, 3.05) is 19.8 Å². The lowest BCUT2D eigenvalue weighted by Gasteiger charge is -2.27. The average molecular weight is 263 g/mol. The lowest BCUT2D eigenvalue weighted by atomic mass is 9.89. The van der Waals surface area contributed by atoms with Crippen LogP contribution in [0.25, 0.3) is 0 Å². The van der Waals surface area contributed by atoms with Crippen molar-refractivity contribution in [1.82, 2.24) is 5.32 Å². The Morgan fingerprint density at radius 1 is 1.42 bits per heavy atom. The Morgan fingerprint density at radius 3 is 3.05 bits per heavy atom.